The summed E-state index contributed by atoms with van der Waals surface area (Å²) in [5.74, 6) is 1.77. The molecule has 0 radical (unpaired) electrons. The Morgan fingerprint density at radius 2 is 1.93 bits per heavy atom. The highest BCUT2D eigenvalue weighted by Gasteiger charge is 2.45. The van der Waals surface area contributed by atoms with Gasteiger partial charge in [0.1, 0.15) is 4.90 Å². The molecule has 28 heavy (non-hydrogen) atoms. The molecule has 3 aliphatic rings. The monoisotopic (exact) mass is 409 g/mol. The summed E-state index contributed by atoms with van der Waals surface area (Å²) in [6, 6.07) is 2.17. The van der Waals surface area contributed by atoms with E-state index in [1.54, 1.807) is 16.6 Å². The summed E-state index contributed by atoms with van der Waals surface area (Å²) in [6.45, 7) is 5.86. The minimum absolute atomic E-state index is 0.179. The van der Waals surface area contributed by atoms with Crippen molar-refractivity contribution in [2.75, 3.05) is 40.0 Å². The van der Waals surface area contributed by atoms with Crippen molar-refractivity contribution in [3.8, 4) is 5.88 Å². The lowest BCUT2D eigenvalue weighted by molar-refractivity contribution is 0.0654. The van der Waals surface area contributed by atoms with Gasteiger partial charge in [-0.15, -0.1) is 0 Å². The number of rotatable bonds is 6. The molecule has 1 saturated carbocycles. The van der Waals surface area contributed by atoms with E-state index in [0.717, 1.165) is 51.0 Å². The molecule has 0 spiro atoms. The SMILES string of the molecule is COc1ncc(C)cc1S(=O)(=O)N1CC2CC(NCC3CCOCC3)CC2C1. The van der Waals surface area contributed by atoms with Crippen LogP contribution in [0.1, 0.15) is 31.2 Å². The van der Waals surface area contributed by atoms with E-state index >= 15 is 0 Å². The van der Waals surface area contributed by atoms with E-state index in [1.807, 2.05) is 6.92 Å². The maximum atomic E-state index is 13.2. The second-order valence-corrected chi connectivity index (χ2v) is 10.4. The zero-order valence-electron chi connectivity index (χ0n) is 16.8. The van der Waals surface area contributed by atoms with Gasteiger partial charge >= 0.3 is 0 Å². The van der Waals surface area contributed by atoms with Gasteiger partial charge in [0, 0.05) is 38.5 Å². The molecular weight excluding hydrogens is 378 g/mol. The van der Waals surface area contributed by atoms with Gasteiger partial charge in [-0.05, 0) is 68.5 Å². The Labute approximate surface area is 167 Å². The minimum Gasteiger partial charge on any atom is -0.480 e. The van der Waals surface area contributed by atoms with Gasteiger partial charge in [0.2, 0.25) is 15.9 Å². The minimum atomic E-state index is -3.58. The van der Waals surface area contributed by atoms with Crippen molar-refractivity contribution < 1.29 is 17.9 Å². The van der Waals surface area contributed by atoms with Crippen LogP contribution >= 0.6 is 0 Å². The van der Waals surface area contributed by atoms with E-state index in [-0.39, 0.29) is 10.8 Å². The topological polar surface area (TPSA) is 80.8 Å². The molecule has 8 heteroatoms. The van der Waals surface area contributed by atoms with Crippen molar-refractivity contribution in [2.45, 2.75) is 43.5 Å². The number of nitrogens with one attached hydrogen (secondary N) is 1. The summed E-state index contributed by atoms with van der Waals surface area (Å²) < 4.78 is 38.7. The molecule has 1 aliphatic carbocycles. The maximum absolute atomic E-state index is 13.2. The van der Waals surface area contributed by atoms with Crippen molar-refractivity contribution in [1.29, 1.82) is 0 Å². The number of hydrogen-bond donors (Lipinski definition) is 1. The van der Waals surface area contributed by atoms with Crippen LogP contribution in [0.2, 0.25) is 0 Å². The second kappa shape index (κ2) is 8.26. The lowest BCUT2D eigenvalue weighted by Gasteiger charge is -2.25. The van der Waals surface area contributed by atoms with Gasteiger partial charge in [-0.1, -0.05) is 0 Å². The van der Waals surface area contributed by atoms with Gasteiger partial charge < -0.3 is 14.8 Å². The average molecular weight is 410 g/mol. The van der Waals surface area contributed by atoms with Crippen molar-refractivity contribution in [3.63, 3.8) is 0 Å². The van der Waals surface area contributed by atoms with Crippen molar-refractivity contribution in [1.82, 2.24) is 14.6 Å². The van der Waals surface area contributed by atoms with E-state index in [2.05, 4.69) is 10.3 Å². The Morgan fingerprint density at radius 1 is 1.25 bits per heavy atom. The molecule has 4 rings (SSSR count). The normalized spacial score (nSPS) is 29.1. The maximum Gasteiger partial charge on any atom is 0.248 e. The predicted octanol–water partition coefficient (Wildman–Crippen LogP) is 1.81. The van der Waals surface area contributed by atoms with E-state index in [1.165, 1.54) is 7.11 Å². The van der Waals surface area contributed by atoms with Gasteiger partial charge in [-0.25, -0.2) is 13.4 Å². The standard InChI is InChI=1S/C20H31N3O4S/c1-14-7-19(20(26-2)22-10-14)28(24,25)23-12-16-8-18(9-17(16)13-23)21-11-15-3-5-27-6-4-15/h7,10,15-18,21H,3-6,8-9,11-13H2,1-2H3. The fraction of sp³-hybridized carbons (Fsp3) is 0.750. The zero-order chi connectivity index (χ0) is 19.7. The molecule has 1 aromatic rings. The lowest BCUT2D eigenvalue weighted by atomic mass is 10.00. The fourth-order valence-corrected chi connectivity index (χ4v) is 6.66. The smallest absolute Gasteiger partial charge is 0.248 e. The molecule has 1 aromatic heterocycles. The number of methoxy groups -OCH3 is 1. The Balaban J connectivity index is 1.36. The van der Waals surface area contributed by atoms with Crippen LogP contribution in [0.15, 0.2) is 17.2 Å². The Morgan fingerprint density at radius 3 is 2.57 bits per heavy atom. The molecule has 0 aromatic carbocycles. The van der Waals surface area contributed by atoms with Crippen LogP contribution in [-0.4, -0.2) is 63.7 Å². The van der Waals surface area contributed by atoms with Crippen LogP contribution in [0.4, 0.5) is 0 Å². The molecular formula is C20H31N3O4S. The first kappa shape index (κ1) is 20.1. The van der Waals surface area contributed by atoms with Crippen molar-refractivity contribution >= 4 is 10.0 Å². The Kier molecular flexibility index (Phi) is 5.92. The number of aromatic nitrogens is 1. The molecule has 156 valence electrons. The number of pyridine rings is 1. The number of sulfonamides is 1. The number of nitrogens with zero attached hydrogens (tertiary/aromatic N) is 2. The molecule has 0 amide bonds. The van der Waals surface area contributed by atoms with Crippen LogP contribution in [-0.2, 0) is 14.8 Å². The molecule has 2 unspecified atom stereocenters. The zero-order valence-corrected chi connectivity index (χ0v) is 17.6. The number of hydrogen-bond acceptors (Lipinski definition) is 6. The first-order valence-corrected chi connectivity index (χ1v) is 11.7. The van der Waals surface area contributed by atoms with E-state index < -0.39 is 10.0 Å². The molecule has 0 bridgehead atoms. The van der Waals surface area contributed by atoms with E-state index in [4.69, 9.17) is 9.47 Å². The Hall–Kier alpha value is -1.22. The summed E-state index contributed by atoms with van der Waals surface area (Å²) in [5, 5.41) is 3.74. The third-order valence-corrected chi connectivity index (χ3v) is 8.35. The average Bonchev–Trinajstić information content (AvgIpc) is 3.26. The lowest BCUT2D eigenvalue weighted by Crippen LogP contribution is -2.36. The molecule has 2 saturated heterocycles. The molecule has 1 N–H and O–H groups in total. The van der Waals surface area contributed by atoms with Gasteiger partial charge in [-0.3, -0.25) is 0 Å². The second-order valence-electron chi connectivity index (χ2n) is 8.49. The van der Waals surface area contributed by atoms with Crippen LogP contribution in [0.25, 0.3) is 0 Å². The number of ether oxygens (including phenoxy) is 2. The Bertz CT molecular complexity index is 781. The van der Waals surface area contributed by atoms with Crippen LogP contribution in [0.5, 0.6) is 5.88 Å². The third kappa shape index (κ3) is 4.06. The van der Waals surface area contributed by atoms with Crippen LogP contribution in [0, 0.1) is 24.7 Å². The molecule has 3 fully saturated rings. The highest BCUT2D eigenvalue weighted by molar-refractivity contribution is 7.89. The quantitative estimate of drug-likeness (QED) is 0.772. The molecule has 2 atom stereocenters. The predicted molar refractivity (Wildman–Crippen MR) is 106 cm³/mol. The van der Waals surface area contributed by atoms with Crippen molar-refractivity contribution in [2.24, 2.45) is 17.8 Å². The fourth-order valence-electron chi connectivity index (χ4n) is 4.91. The summed E-state index contributed by atoms with van der Waals surface area (Å²) >= 11 is 0. The summed E-state index contributed by atoms with van der Waals surface area (Å²) in [4.78, 5) is 4.32. The summed E-state index contributed by atoms with van der Waals surface area (Å²) in [5.41, 5.74) is 0.816. The van der Waals surface area contributed by atoms with E-state index in [0.29, 0.717) is 36.9 Å². The summed E-state index contributed by atoms with van der Waals surface area (Å²) in [6.07, 6.45) is 6.04. The first-order chi connectivity index (χ1) is 13.5. The molecule has 7 nitrogen and oxygen atoms in total. The molecule has 2 aliphatic heterocycles. The largest absolute Gasteiger partial charge is 0.480 e. The molecule has 3 heterocycles. The van der Waals surface area contributed by atoms with Gasteiger partial charge in [0.05, 0.1) is 7.11 Å². The van der Waals surface area contributed by atoms with Gasteiger partial charge in [0.15, 0.2) is 0 Å². The third-order valence-electron chi connectivity index (χ3n) is 6.52. The van der Waals surface area contributed by atoms with Crippen LogP contribution < -0.4 is 10.1 Å². The highest BCUT2D eigenvalue weighted by atomic mass is 32.2. The number of aryl methyl sites for hydroxylation is 1. The van der Waals surface area contributed by atoms with Crippen molar-refractivity contribution in [3.05, 3.63) is 17.8 Å². The highest BCUT2D eigenvalue weighted by Crippen LogP contribution is 2.41. The van der Waals surface area contributed by atoms with Crippen LogP contribution in [0.3, 0.4) is 0 Å². The van der Waals surface area contributed by atoms with Gasteiger partial charge in [0.25, 0.3) is 0 Å². The summed E-state index contributed by atoms with van der Waals surface area (Å²) in [7, 11) is -2.12. The van der Waals surface area contributed by atoms with E-state index in [9.17, 15) is 8.42 Å². The first-order valence-electron chi connectivity index (χ1n) is 10.3. The van der Waals surface area contributed by atoms with Gasteiger partial charge in [-0.2, -0.15) is 4.31 Å². The number of fused-ring (bicyclic) bond motifs is 1.